The molecule has 1 N–H and O–H groups in total. The number of nitrogens with zero attached hydrogens (tertiary/aromatic N) is 4. The molecule has 0 unspecified atom stereocenters. The van der Waals surface area contributed by atoms with Crippen molar-refractivity contribution >= 4 is 5.91 Å². The number of nitrogens with one attached hydrogen (secondary N) is 1. The summed E-state index contributed by atoms with van der Waals surface area (Å²) in [6.07, 6.45) is 8.51. The molecule has 0 aliphatic carbocycles. The highest BCUT2D eigenvalue weighted by Crippen LogP contribution is 2.14. The van der Waals surface area contributed by atoms with Crippen LogP contribution in [0.1, 0.15) is 41.6 Å². The van der Waals surface area contributed by atoms with Gasteiger partial charge in [-0.15, -0.1) is 0 Å². The van der Waals surface area contributed by atoms with E-state index in [9.17, 15) is 4.79 Å². The highest BCUT2D eigenvalue weighted by molar-refractivity contribution is 5.92. The van der Waals surface area contributed by atoms with Crippen LogP contribution < -0.4 is 5.32 Å². The Labute approximate surface area is 148 Å². The van der Waals surface area contributed by atoms with Crippen molar-refractivity contribution in [2.45, 2.75) is 39.4 Å². The Morgan fingerprint density at radius 1 is 1.32 bits per heavy atom. The van der Waals surface area contributed by atoms with Gasteiger partial charge in [0.05, 0.1) is 24.5 Å². The van der Waals surface area contributed by atoms with E-state index in [0.717, 1.165) is 44.0 Å². The van der Waals surface area contributed by atoms with Gasteiger partial charge in [-0.05, 0) is 24.6 Å². The number of allylic oxidation sites excluding steroid dienone is 1. The number of hydrogen-bond donors (Lipinski definition) is 1. The first kappa shape index (κ1) is 17.4. The molecule has 3 rings (SSSR count). The minimum Gasteiger partial charge on any atom is -0.345 e. The van der Waals surface area contributed by atoms with Crippen molar-refractivity contribution in [2.75, 3.05) is 13.1 Å². The predicted molar refractivity (Wildman–Crippen MR) is 97.0 cm³/mol. The Kier molecular flexibility index (Phi) is 5.95. The van der Waals surface area contributed by atoms with Gasteiger partial charge in [0, 0.05) is 25.8 Å². The summed E-state index contributed by atoms with van der Waals surface area (Å²) < 4.78 is 1.95. The van der Waals surface area contributed by atoms with Crippen LogP contribution in [-0.4, -0.2) is 38.7 Å². The van der Waals surface area contributed by atoms with E-state index in [1.807, 2.05) is 28.9 Å². The monoisotopic (exact) mass is 339 g/mol. The second kappa shape index (κ2) is 8.58. The number of aromatic nitrogens is 3. The van der Waals surface area contributed by atoms with Crippen molar-refractivity contribution in [3.05, 3.63) is 59.7 Å². The molecule has 0 radical (unpaired) electrons. The molecule has 0 saturated heterocycles. The number of carbonyl (C=O) groups is 1. The van der Waals surface area contributed by atoms with Crippen LogP contribution in [-0.2, 0) is 19.6 Å². The summed E-state index contributed by atoms with van der Waals surface area (Å²) in [6.45, 7) is 6.16. The van der Waals surface area contributed by atoms with E-state index in [-0.39, 0.29) is 5.91 Å². The van der Waals surface area contributed by atoms with Crippen molar-refractivity contribution in [1.29, 1.82) is 0 Å². The van der Waals surface area contributed by atoms with Crippen LogP contribution >= 0.6 is 0 Å². The fourth-order valence-corrected chi connectivity index (χ4v) is 2.86. The minimum atomic E-state index is -0.151. The van der Waals surface area contributed by atoms with Crippen LogP contribution in [0.15, 0.2) is 42.6 Å². The van der Waals surface area contributed by atoms with Crippen LogP contribution in [0.3, 0.4) is 0 Å². The molecule has 1 amide bonds. The number of amides is 1. The van der Waals surface area contributed by atoms with Crippen molar-refractivity contribution < 1.29 is 4.79 Å². The molecule has 6 heteroatoms. The van der Waals surface area contributed by atoms with Gasteiger partial charge in [-0.3, -0.25) is 19.4 Å². The van der Waals surface area contributed by atoms with E-state index < -0.39 is 0 Å². The maximum absolute atomic E-state index is 12.3. The Bertz CT molecular complexity index is 723. The van der Waals surface area contributed by atoms with Crippen molar-refractivity contribution in [1.82, 2.24) is 25.0 Å². The molecule has 6 nitrogen and oxygen atoms in total. The average molecular weight is 339 g/mol. The smallest absolute Gasteiger partial charge is 0.272 e. The summed E-state index contributed by atoms with van der Waals surface area (Å²) in [7, 11) is 0. The van der Waals surface area contributed by atoms with Gasteiger partial charge >= 0.3 is 0 Å². The summed E-state index contributed by atoms with van der Waals surface area (Å²) in [6, 6.07) is 7.56. The standard InChI is InChI=1S/C19H25N5O/c1-2-3-4-7-10-23-11-12-24-17(15-23)13-18(22-24)19(25)21-14-16-8-5-6-9-20-16/h4-9,13H,2-3,10-12,14-15H2,1H3,(H,21,25)/b7-4+. The maximum Gasteiger partial charge on any atom is 0.272 e. The van der Waals surface area contributed by atoms with Crippen molar-refractivity contribution in [3.8, 4) is 0 Å². The summed E-state index contributed by atoms with van der Waals surface area (Å²) >= 11 is 0. The first-order valence-corrected chi connectivity index (χ1v) is 8.88. The quantitative estimate of drug-likeness (QED) is 0.787. The molecule has 3 heterocycles. The lowest BCUT2D eigenvalue weighted by molar-refractivity contribution is 0.0944. The third kappa shape index (κ3) is 4.76. The zero-order valence-corrected chi connectivity index (χ0v) is 14.7. The lowest BCUT2D eigenvalue weighted by Crippen LogP contribution is -2.33. The molecular weight excluding hydrogens is 314 g/mol. The number of fused-ring (bicyclic) bond motifs is 1. The molecule has 25 heavy (non-hydrogen) atoms. The number of rotatable bonds is 7. The molecule has 1 aliphatic heterocycles. The molecule has 0 fully saturated rings. The molecular formula is C19H25N5O. The molecule has 1 aliphatic rings. The highest BCUT2D eigenvalue weighted by atomic mass is 16.1. The van der Waals surface area contributed by atoms with Crippen molar-refractivity contribution in [3.63, 3.8) is 0 Å². The second-order valence-electron chi connectivity index (χ2n) is 6.24. The van der Waals surface area contributed by atoms with Gasteiger partial charge in [-0.2, -0.15) is 5.10 Å². The molecule has 0 atom stereocenters. The first-order valence-electron chi connectivity index (χ1n) is 8.88. The number of pyridine rings is 1. The molecule has 0 bridgehead atoms. The molecule has 132 valence electrons. The van der Waals surface area contributed by atoms with Gasteiger partial charge in [-0.1, -0.05) is 31.6 Å². The van der Waals surface area contributed by atoms with Gasteiger partial charge < -0.3 is 5.32 Å². The Hall–Kier alpha value is -2.47. The predicted octanol–water partition coefficient (Wildman–Crippen LogP) is 2.38. The SMILES string of the molecule is CCC/C=C/CN1CCn2nc(C(=O)NCc3ccccn3)cc2C1. The van der Waals surface area contributed by atoms with Gasteiger partial charge in [0.2, 0.25) is 0 Å². The first-order chi connectivity index (χ1) is 12.3. The molecule has 0 spiro atoms. The van der Waals surface area contributed by atoms with Gasteiger partial charge in [0.1, 0.15) is 0 Å². The summed E-state index contributed by atoms with van der Waals surface area (Å²) in [4.78, 5) is 18.9. The average Bonchev–Trinajstić information content (AvgIpc) is 3.07. The van der Waals surface area contributed by atoms with Crippen LogP contribution in [0.4, 0.5) is 0 Å². The summed E-state index contributed by atoms with van der Waals surface area (Å²) in [5, 5.41) is 7.33. The summed E-state index contributed by atoms with van der Waals surface area (Å²) in [5.74, 6) is -0.151. The van der Waals surface area contributed by atoms with E-state index in [0.29, 0.717) is 12.2 Å². The van der Waals surface area contributed by atoms with Crippen LogP contribution in [0.2, 0.25) is 0 Å². The van der Waals surface area contributed by atoms with E-state index in [4.69, 9.17) is 0 Å². The van der Waals surface area contributed by atoms with E-state index >= 15 is 0 Å². The maximum atomic E-state index is 12.3. The van der Waals surface area contributed by atoms with E-state index in [2.05, 4.69) is 39.4 Å². The fourth-order valence-electron chi connectivity index (χ4n) is 2.86. The Morgan fingerprint density at radius 3 is 3.04 bits per heavy atom. The molecule has 2 aromatic heterocycles. The Balaban J connectivity index is 1.55. The molecule has 0 aromatic carbocycles. The largest absolute Gasteiger partial charge is 0.345 e. The fraction of sp³-hybridized carbons (Fsp3) is 0.421. The zero-order valence-electron chi connectivity index (χ0n) is 14.7. The minimum absolute atomic E-state index is 0.151. The summed E-state index contributed by atoms with van der Waals surface area (Å²) in [5.41, 5.74) is 2.41. The zero-order chi connectivity index (χ0) is 17.5. The van der Waals surface area contributed by atoms with E-state index in [1.54, 1.807) is 6.20 Å². The lowest BCUT2D eigenvalue weighted by Gasteiger charge is -2.26. The molecule has 0 saturated carbocycles. The molecule has 2 aromatic rings. The van der Waals surface area contributed by atoms with Crippen LogP contribution in [0, 0.1) is 0 Å². The van der Waals surface area contributed by atoms with Gasteiger partial charge in [0.15, 0.2) is 5.69 Å². The second-order valence-corrected chi connectivity index (χ2v) is 6.24. The third-order valence-electron chi connectivity index (χ3n) is 4.25. The number of unbranched alkanes of at least 4 members (excludes halogenated alkanes) is 1. The van der Waals surface area contributed by atoms with E-state index in [1.165, 1.54) is 6.42 Å². The topological polar surface area (TPSA) is 63.1 Å². The Morgan fingerprint density at radius 2 is 2.24 bits per heavy atom. The van der Waals surface area contributed by atoms with Crippen molar-refractivity contribution in [2.24, 2.45) is 0 Å². The number of carbonyl (C=O) groups excluding carboxylic acids is 1. The lowest BCUT2D eigenvalue weighted by atomic mass is 10.2. The van der Waals surface area contributed by atoms with Gasteiger partial charge in [-0.25, -0.2) is 0 Å². The van der Waals surface area contributed by atoms with Crippen LogP contribution in [0.5, 0.6) is 0 Å². The number of hydrogen-bond acceptors (Lipinski definition) is 4. The normalized spacial score (nSPS) is 14.6. The van der Waals surface area contributed by atoms with Crippen LogP contribution in [0.25, 0.3) is 0 Å². The van der Waals surface area contributed by atoms with Gasteiger partial charge in [0.25, 0.3) is 5.91 Å². The third-order valence-corrected chi connectivity index (χ3v) is 4.25. The highest BCUT2D eigenvalue weighted by Gasteiger charge is 2.20.